The number of rotatable bonds is 5. The van der Waals surface area contributed by atoms with Crippen LogP contribution in [0.5, 0.6) is 11.5 Å². The van der Waals surface area contributed by atoms with Crippen molar-refractivity contribution in [3.8, 4) is 11.5 Å². The summed E-state index contributed by atoms with van der Waals surface area (Å²) < 4.78 is 10.6. The van der Waals surface area contributed by atoms with E-state index in [4.69, 9.17) is 15.2 Å². The number of ether oxygens (including phenoxy) is 2. The van der Waals surface area contributed by atoms with Crippen LogP contribution in [0.3, 0.4) is 0 Å². The van der Waals surface area contributed by atoms with Crippen LogP contribution in [0, 0.1) is 6.92 Å². The molecule has 0 saturated heterocycles. The molecule has 0 spiro atoms. The first kappa shape index (κ1) is 11.8. The molecule has 3 N–H and O–H groups in total. The number of hydrogen-bond acceptors (Lipinski definition) is 4. The summed E-state index contributed by atoms with van der Waals surface area (Å²) in [4.78, 5) is 0. The number of benzene rings is 1. The van der Waals surface area contributed by atoms with Gasteiger partial charge in [-0.15, -0.1) is 0 Å². The second-order valence-electron chi connectivity index (χ2n) is 3.22. The average Bonchev–Trinajstić information content (AvgIpc) is 2.26. The second kappa shape index (κ2) is 5.58. The highest BCUT2D eigenvalue weighted by atomic mass is 16.5. The van der Waals surface area contributed by atoms with Crippen molar-refractivity contribution < 1.29 is 9.47 Å². The van der Waals surface area contributed by atoms with E-state index in [1.807, 2.05) is 19.1 Å². The molecule has 1 aromatic rings. The fraction of sp³-hybridized carbons (Fsp3) is 0.455. The van der Waals surface area contributed by atoms with E-state index in [1.165, 1.54) is 0 Å². The van der Waals surface area contributed by atoms with Crippen LogP contribution in [0.15, 0.2) is 12.1 Å². The number of nitrogens with one attached hydrogen (secondary N) is 1. The van der Waals surface area contributed by atoms with Crippen LogP contribution in [0.25, 0.3) is 0 Å². The zero-order chi connectivity index (χ0) is 11.3. The van der Waals surface area contributed by atoms with Crippen LogP contribution >= 0.6 is 0 Å². The maximum atomic E-state index is 5.39. The van der Waals surface area contributed by atoms with E-state index in [2.05, 4.69) is 5.32 Å². The Morgan fingerprint density at radius 1 is 1.27 bits per heavy atom. The number of hydrogen-bond donors (Lipinski definition) is 2. The van der Waals surface area contributed by atoms with E-state index in [0.29, 0.717) is 13.2 Å². The van der Waals surface area contributed by atoms with Crippen molar-refractivity contribution in [1.82, 2.24) is 5.32 Å². The summed E-state index contributed by atoms with van der Waals surface area (Å²) in [6.45, 7) is 3.13. The van der Waals surface area contributed by atoms with Crippen LogP contribution in [0.2, 0.25) is 0 Å². The highest BCUT2D eigenvalue weighted by Gasteiger charge is 2.10. The fourth-order valence-corrected chi connectivity index (χ4v) is 1.58. The van der Waals surface area contributed by atoms with E-state index in [0.717, 1.165) is 22.6 Å². The van der Waals surface area contributed by atoms with Gasteiger partial charge in [-0.25, -0.2) is 0 Å². The van der Waals surface area contributed by atoms with Crippen molar-refractivity contribution in [2.24, 2.45) is 5.73 Å². The summed E-state index contributed by atoms with van der Waals surface area (Å²) in [5, 5.41) is 3.06. The molecule has 0 atom stereocenters. The molecule has 0 saturated carbocycles. The molecule has 84 valence electrons. The molecule has 0 aliphatic carbocycles. The van der Waals surface area contributed by atoms with Crippen molar-refractivity contribution in [1.29, 1.82) is 0 Å². The SMILES string of the molecule is COc1ccc(CNCN)c(OC)c1C. The first-order valence-corrected chi connectivity index (χ1v) is 4.85. The highest BCUT2D eigenvalue weighted by molar-refractivity contribution is 5.49. The first-order chi connectivity index (χ1) is 7.24. The normalized spacial score (nSPS) is 10.1. The minimum absolute atomic E-state index is 0.453. The van der Waals surface area contributed by atoms with Crippen LogP contribution in [-0.2, 0) is 6.54 Å². The molecule has 0 unspecified atom stereocenters. The Bertz CT molecular complexity index is 327. The molecule has 0 aromatic heterocycles. The molecular weight excluding hydrogens is 192 g/mol. The smallest absolute Gasteiger partial charge is 0.129 e. The van der Waals surface area contributed by atoms with Crippen molar-refractivity contribution >= 4 is 0 Å². The van der Waals surface area contributed by atoms with Crippen LogP contribution in [-0.4, -0.2) is 20.9 Å². The minimum atomic E-state index is 0.453. The lowest BCUT2D eigenvalue weighted by molar-refractivity contribution is 0.384. The Hall–Kier alpha value is -1.26. The first-order valence-electron chi connectivity index (χ1n) is 4.85. The molecule has 4 heteroatoms. The Morgan fingerprint density at radius 2 is 2.00 bits per heavy atom. The van der Waals surface area contributed by atoms with Gasteiger partial charge in [0.05, 0.1) is 14.2 Å². The van der Waals surface area contributed by atoms with Gasteiger partial charge in [0.2, 0.25) is 0 Å². The molecular formula is C11H18N2O2. The predicted octanol–water partition coefficient (Wildman–Crippen LogP) is 1.02. The summed E-state index contributed by atoms with van der Waals surface area (Å²) >= 11 is 0. The second-order valence-corrected chi connectivity index (χ2v) is 3.22. The summed E-state index contributed by atoms with van der Waals surface area (Å²) in [6.07, 6.45) is 0. The van der Waals surface area contributed by atoms with Gasteiger partial charge in [-0.05, 0) is 13.0 Å². The maximum absolute atomic E-state index is 5.39. The molecule has 15 heavy (non-hydrogen) atoms. The Balaban J connectivity index is 3.01. The standard InChI is InChI=1S/C11H18N2O2/c1-8-10(14-2)5-4-9(6-13-7-12)11(8)15-3/h4-5,13H,6-7,12H2,1-3H3. The maximum Gasteiger partial charge on any atom is 0.129 e. The lowest BCUT2D eigenvalue weighted by atomic mass is 10.1. The summed E-state index contributed by atoms with van der Waals surface area (Å²) in [5.74, 6) is 1.69. The van der Waals surface area contributed by atoms with Gasteiger partial charge >= 0.3 is 0 Å². The average molecular weight is 210 g/mol. The monoisotopic (exact) mass is 210 g/mol. The van der Waals surface area contributed by atoms with E-state index in [-0.39, 0.29) is 0 Å². The van der Waals surface area contributed by atoms with Gasteiger partial charge in [0, 0.05) is 24.3 Å². The van der Waals surface area contributed by atoms with Crippen molar-refractivity contribution in [3.63, 3.8) is 0 Å². The van der Waals surface area contributed by atoms with Gasteiger partial charge in [0.1, 0.15) is 11.5 Å². The fourth-order valence-electron chi connectivity index (χ4n) is 1.58. The van der Waals surface area contributed by atoms with Crippen LogP contribution < -0.4 is 20.5 Å². The lowest BCUT2D eigenvalue weighted by Gasteiger charge is -2.14. The van der Waals surface area contributed by atoms with E-state index in [1.54, 1.807) is 14.2 Å². The summed E-state index contributed by atoms with van der Waals surface area (Å²) in [6, 6.07) is 3.92. The molecule has 1 aromatic carbocycles. The Morgan fingerprint density at radius 3 is 2.53 bits per heavy atom. The van der Waals surface area contributed by atoms with Gasteiger partial charge in [0.15, 0.2) is 0 Å². The third-order valence-electron chi connectivity index (χ3n) is 2.32. The van der Waals surface area contributed by atoms with Crippen molar-refractivity contribution in [2.45, 2.75) is 13.5 Å². The molecule has 0 amide bonds. The quantitative estimate of drug-likeness (QED) is 0.712. The van der Waals surface area contributed by atoms with E-state index in [9.17, 15) is 0 Å². The van der Waals surface area contributed by atoms with E-state index >= 15 is 0 Å². The summed E-state index contributed by atoms with van der Waals surface area (Å²) in [5.41, 5.74) is 7.48. The molecule has 0 fully saturated rings. The topological polar surface area (TPSA) is 56.5 Å². The predicted molar refractivity (Wildman–Crippen MR) is 60.2 cm³/mol. The van der Waals surface area contributed by atoms with Gasteiger partial charge in [-0.1, -0.05) is 6.07 Å². The van der Waals surface area contributed by atoms with Gasteiger partial charge in [-0.2, -0.15) is 0 Å². The molecule has 0 heterocycles. The third-order valence-corrected chi connectivity index (χ3v) is 2.32. The Kier molecular flexibility index (Phi) is 4.39. The van der Waals surface area contributed by atoms with Crippen molar-refractivity contribution in [2.75, 3.05) is 20.9 Å². The third kappa shape index (κ3) is 2.61. The number of nitrogens with two attached hydrogens (primary N) is 1. The van der Waals surface area contributed by atoms with Gasteiger partial charge in [-0.3, -0.25) is 0 Å². The largest absolute Gasteiger partial charge is 0.496 e. The zero-order valence-corrected chi connectivity index (χ0v) is 9.46. The summed E-state index contributed by atoms with van der Waals surface area (Å²) in [7, 11) is 3.31. The van der Waals surface area contributed by atoms with E-state index < -0.39 is 0 Å². The van der Waals surface area contributed by atoms with Crippen LogP contribution in [0.1, 0.15) is 11.1 Å². The van der Waals surface area contributed by atoms with Crippen LogP contribution in [0.4, 0.5) is 0 Å². The van der Waals surface area contributed by atoms with Crippen molar-refractivity contribution in [3.05, 3.63) is 23.3 Å². The minimum Gasteiger partial charge on any atom is -0.496 e. The van der Waals surface area contributed by atoms with Gasteiger partial charge < -0.3 is 20.5 Å². The Labute approximate surface area is 90.4 Å². The van der Waals surface area contributed by atoms with Gasteiger partial charge in [0.25, 0.3) is 0 Å². The molecule has 4 nitrogen and oxygen atoms in total. The molecule has 1 rings (SSSR count). The molecule has 0 bridgehead atoms. The molecule has 0 aliphatic rings. The highest BCUT2D eigenvalue weighted by Crippen LogP contribution is 2.30. The lowest BCUT2D eigenvalue weighted by Crippen LogP contribution is -2.21. The molecule has 0 aliphatic heterocycles. The zero-order valence-electron chi connectivity index (χ0n) is 9.46. The number of methoxy groups -OCH3 is 2. The molecule has 0 radical (unpaired) electrons.